The molecule has 3 heteroatoms. The maximum Gasteiger partial charge on any atom is 0.152 e. The summed E-state index contributed by atoms with van der Waals surface area (Å²) >= 11 is 0. The summed E-state index contributed by atoms with van der Waals surface area (Å²) in [5.41, 5.74) is 7.12. The van der Waals surface area contributed by atoms with E-state index in [1.165, 1.54) is 5.56 Å². The number of nitrogens with one attached hydrogen (secondary N) is 1. The second kappa shape index (κ2) is 7.75. The van der Waals surface area contributed by atoms with E-state index in [0.717, 1.165) is 70.4 Å². The van der Waals surface area contributed by atoms with Gasteiger partial charge in [0, 0.05) is 28.5 Å². The van der Waals surface area contributed by atoms with Gasteiger partial charge in [0.2, 0.25) is 0 Å². The molecule has 2 aliphatic rings. The van der Waals surface area contributed by atoms with Gasteiger partial charge in [-0.15, -0.1) is 0 Å². The van der Waals surface area contributed by atoms with Gasteiger partial charge in [-0.05, 0) is 43.9 Å². The van der Waals surface area contributed by atoms with E-state index >= 15 is 0 Å². The summed E-state index contributed by atoms with van der Waals surface area (Å²) < 4.78 is 6.22. The zero-order chi connectivity index (χ0) is 20.5. The van der Waals surface area contributed by atoms with Crippen molar-refractivity contribution >= 4 is 28.1 Å². The highest BCUT2D eigenvalue weighted by molar-refractivity contribution is 6.37. The number of aliphatic imine (C=N–C) groups is 1. The third-order valence-corrected chi connectivity index (χ3v) is 5.70. The van der Waals surface area contributed by atoms with Crippen LogP contribution in [0.2, 0.25) is 0 Å². The number of hydrogen-bond acceptors (Lipinski definition) is 2. The SMILES string of the molecule is Cc1ccc2oc3c(c2c1)C(/C(=N/C(=N)c1ccccc1)C1=CCCC=C1)=CCC3. The van der Waals surface area contributed by atoms with Gasteiger partial charge < -0.3 is 4.42 Å². The second-order valence-electron chi connectivity index (χ2n) is 7.87. The molecule has 0 saturated carbocycles. The van der Waals surface area contributed by atoms with Crippen molar-refractivity contribution in [2.24, 2.45) is 4.99 Å². The zero-order valence-corrected chi connectivity index (χ0v) is 17.1. The lowest BCUT2D eigenvalue weighted by Gasteiger charge is -2.18. The van der Waals surface area contributed by atoms with Gasteiger partial charge in [-0.3, -0.25) is 5.41 Å². The number of allylic oxidation sites excluding steroid dienone is 6. The molecule has 2 aliphatic carbocycles. The van der Waals surface area contributed by atoms with Crippen molar-refractivity contribution in [2.45, 2.75) is 32.6 Å². The summed E-state index contributed by atoms with van der Waals surface area (Å²) in [5, 5.41) is 9.79. The Labute approximate surface area is 176 Å². The van der Waals surface area contributed by atoms with Crippen LogP contribution in [0.1, 0.15) is 41.7 Å². The minimum absolute atomic E-state index is 0.280. The highest BCUT2D eigenvalue weighted by Crippen LogP contribution is 2.38. The van der Waals surface area contributed by atoms with Crippen LogP contribution in [-0.4, -0.2) is 11.5 Å². The van der Waals surface area contributed by atoms with Gasteiger partial charge in [0.05, 0.1) is 5.71 Å². The predicted molar refractivity (Wildman–Crippen MR) is 124 cm³/mol. The van der Waals surface area contributed by atoms with Crippen molar-refractivity contribution < 1.29 is 4.42 Å². The fraction of sp³-hybridized carbons (Fsp3) is 0.185. The Balaban J connectivity index is 1.69. The van der Waals surface area contributed by atoms with Crippen molar-refractivity contribution in [1.82, 2.24) is 0 Å². The van der Waals surface area contributed by atoms with Crippen molar-refractivity contribution in [3.05, 3.63) is 101 Å². The summed E-state index contributed by atoms with van der Waals surface area (Å²) in [6.07, 6.45) is 12.7. The first-order valence-electron chi connectivity index (χ1n) is 10.5. The van der Waals surface area contributed by atoms with E-state index in [1.807, 2.05) is 30.3 Å². The summed E-state index contributed by atoms with van der Waals surface area (Å²) in [7, 11) is 0. The lowest BCUT2D eigenvalue weighted by atomic mass is 9.86. The third-order valence-electron chi connectivity index (χ3n) is 5.70. The van der Waals surface area contributed by atoms with Gasteiger partial charge >= 0.3 is 0 Å². The molecule has 3 aromatic rings. The van der Waals surface area contributed by atoms with Crippen molar-refractivity contribution in [1.29, 1.82) is 5.41 Å². The van der Waals surface area contributed by atoms with E-state index in [4.69, 9.17) is 14.8 Å². The first kappa shape index (κ1) is 18.6. The standard InChI is InChI=1S/C27H24N2O/c1-18-15-16-23-22(17-18)25-21(13-8-14-24(25)30-23)26(19-9-4-2-5-10-19)29-27(28)20-11-6-3-7-12-20/h3-4,6-7,9-13,15-17,28H,2,5,8,14H2,1H3/b28-27?,29-26+. The number of benzene rings is 2. The average molecular weight is 393 g/mol. The summed E-state index contributed by atoms with van der Waals surface area (Å²) in [4.78, 5) is 4.87. The Morgan fingerprint density at radius 1 is 1.00 bits per heavy atom. The number of nitrogens with zero attached hydrogens (tertiary/aromatic N) is 1. The second-order valence-corrected chi connectivity index (χ2v) is 7.87. The van der Waals surface area contributed by atoms with Gasteiger partial charge in [-0.2, -0.15) is 0 Å². The van der Waals surface area contributed by atoms with Crippen LogP contribution in [0.4, 0.5) is 0 Å². The monoisotopic (exact) mass is 392 g/mol. The lowest BCUT2D eigenvalue weighted by Crippen LogP contribution is -2.13. The van der Waals surface area contributed by atoms with Crippen LogP contribution in [0.5, 0.6) is 0 Å². The molecule has 0 spiro atoms. The minimum atomic E-state index is 0.280. The average Bonchev–Trinajstić information content (AvgIpc) is 3.16. The lowest BCUT2D eigenvalue weighted by molar-refractivity contribution is 0.546. The zero-order valence-electron chi connectivity index (χ0n) is 17.1. The third kappa shape index (κ3) is 3.37. The molecule has 0 radical (unpaired) electrons. The molecular formula is C27H24N2O. The summed E-state index contributed by atoms with van der Waals surface area (Å²) in [6, 6.07) is 16.1. The van der Waals surface area contributed by atoms with Crippen molar-refractivity contribution in [2.75, 3.05) is 0 Å². The fourth-order valence-corrected chi connectivity index (χ4v) is 4.24. The summed E-state index contributed by atoms with van der Waals surface area (Å²) in [5.74, 6) is 1.30. The molecule has 2 aromatic carbocycles. The van der Waals surface area contributed by atoms with Crippen LogP contribution in [-0.2, 0) is 6.42 Å². The van der Waals surface area contributed by atoms with E-state index in [9.17, 15) is 0 Å². The number of rotatable bonds is 3. The molecule has 30 heavy (non-hydrogen) atoms. The Hall–Kier alpha value is -3.46. The maximum absolute atomic E-state index is 8.65. The van der Waals surface area contributed by atoms with Gasteiger partial charge in [0.1, 0.15) is 11.3 Å². The predicted octanol–water partition coefficient (Wildman–Crippen LogP) is 6.81. The molecule has 0 bridgehead atoms. The van der Waals surface area contributed by atoms with E-state index in [0.29, 0.717) is 0 Å². The van der Waals surface area contributed by atoms with Crippen LogP contribution in [0.3, 0.4) is 0 Å². The van der Waals surface area contributed by atoms with Gasteiger partial charge in [-0.25, -0.2) is 4.99 Å². The topological polar surface area (TPSA) is 49.4 Å². The summed E-state index contributed by atoms with van der Waals surface area (Å²) in [6.45, 7) is 2.11. The Morgan fingerprint density at radius 2 is 1.87 bits per heavy atom. The largest absolute Gasteiger partial charge is 0.460 e. The van der Waals surface area contributed by atoms with E-state index in [2.05, 4.69) is 49.4 Å². The van der Waals surface area contributed by atoms with E-state index in [-0.39, 0.29) is 5.84 Å². The molecule has 0 saturated heterocycles. The highest BCUT2D eigenvalue weighted by atomic mass is 16.3. The Bertz CT molecular complexity index is 1250. The minimum Gasteiger partial charge on any atom is -0.460 e. The normalized spacial score (nSPS) is 16.2. The quantitative estimate of drug-likeness (QED) is 0.386. The molecule has 5 rings (SSSR count). The Morgan fingerprint density at radius 3 is 2.67 bits per heavy atom. The van der Waals surface area contributed by atoms with Crippen LogP contribution in [0, 0.1) is 12.3 Å². The Kier molecular flexibility index (Phi) is 4.80. The number of furan rings is 1. The van der Waals surface area contributed by atoms with Crippen LogP contribution in [0.25, 0.3) is 16.5 Å². The van der Waals surface area contributed by atoms with E-state index < -0.39 is 0 Å². The van der Waals surface area contributed by atoms with Crippen molar-refractivity contribution in [3.8, 4) is 0 Å². The molecule has 0 aliphatic heterocycles. The first-order chi connectivity index (χ1) is 14.7. The van der Waals surface area contributed by atoms with Gasteiger partial charge in [0.15, 0.2) is 5.84 Å². The van der Waals surface area contributed by atoms with Crippen molar-refractivity contribution in [3.63, 3.8) is 0 Å². The number of aryl methyl sites for hydroxylation is 2. The first-order valence-corrected chi connectivity index (χ1v) is 10.5. The van der Waals surface area contributed by atoms with E-state index in [1.54, 1.807) is 0 Å². The smallest absolute Gasteiger partial charge is 0.152 e. The molecular weight excluding hydrogens is 368 g/mol. The molecule has 1 heterocycles. The van der Waals surface area contributed by atoms with Gasteiger partial charge in [0.25, 0.3) is 0 Å². The maximum atomic E-state index is 8.65. The van der Waals surface area contributed by atoms with Crippen LogP contribution >= 0.6 is 0 Å². The molecule has 1 N–H and O–H groups in total. The molecule has 148 valence electrons. The molecule has 3 nitrogen and oxygen atoms in total. The molecule has 1 aromatic heterocycles. The fourth-order valence-electron chi connectivity index (χ4n) is 4.24. The highest BCUT2D eigenvalue weighted by Gasteiger charge is 2.26. The van der Waals surface area contributed by atoms with Gasteiger partial charge in [-0.1, -0.05) is 66.3 Å². The number of fused-ring (bicyclic) bond motifs is 3. The molecule has 0 unspecified atom stereocenters. The number of hydrogen-bond donors (Lipinski definition) is 1. The molecule has 0 atom stereocenters. The van der Waals surface area contributed by atoms with Crippen LogP contribution in [0.15, 0.2) is 87.8 Å². The molecule has 0 fully saturated rings. The molecule has 0 amide bonds. The number of amidine groups is 1. The van der Waals surface area contributed by atoms with Crippen LogP contribution < -0.4 is 0 Å².